The lowest BCUT2D eigenvalue weighted by atomic mass is 10.0. The highest BCUT2D eigenvalue weighted by Gasteiger charge is 2.28. The van der Waals surface area contributed by atoms with Gasteiger partial charge in [-0.05, 0) is 33.5 Å². The lowest BCUT2D eigenvalue weighted by Crippen LogP contribution is -2.44. The van der Waals surface area contributed by atoms with Crippen molar-refractivity contribution in [2.45, 2.75) is 25.4 Å². The summed E-state index contributed by atoms with van der Waals surface area (Å²) in [6.45, 7) is 3.24. The van der Waals surface area contributed by atoms with Crippen LogP contribution in [0.15, 0.2) is 29.3 Å². The van der Waals surface area contributed by atoms with Gasteiger partial charge in [-0.15, -0.1) is 0 Å². The summed E-state index contributed by atoms with van der Waals surface area (Å²) in [6, 6.07) is 7.90. The topological polar surface area (TPSA) is 83.0 Å². The number of rotatable bonds is 7. The first-order valence-electron chi connectivity index (χ1n) is 8.91. The number of aliphatic imine (C=N–C) groups is 1. The van der Waals surface area contributed by atoms with Crippen molar-refractivity contribution in [1.29, 1.82) is 0 Å². The molecule has 0 saturated carbocycles. The Morgan fingerprint density at radius 1 is 1.38 bits per heavy atom. The van der Waals surface area contributed by atoms with Gasteiger partial charge in [-0.1, -0.05) is 18.2 Å². The molecule has 0 amide bonds. The lowest BCUT2D eigenvalue weighted by molar-refractivity contribution is 0.295. The Kier molecular flexibility index (Phi) is 7.28. The molecule has 2 N–H and O–H groups in total. The second-order valence-corrected chi connectivity index (χ2v) is 8.91. The Morgan fingerprint density at radius 3 is 2.69 bits per heavy atom. The highest BCUT2D eigenvalue weighted by atomic mass is 32.2. The molecular weight excluding hydrogens is 352 g/mol. The van der Waals surface area contributed by atoms with Gasteiger partial charge >= 0.3 is 0 Å². The van der Waals surface area contributed by atoms with Crippen molar-refractivity contribution in [1.82, 2.24) is 15.5 Å². The number of ether oxygens (including phenoxy) is 1. The molecule has 0 spiro atoms. The maximum atomic E-state index is 11.7. The third kappa shape index (κ3) is 5.60. The molecule has 1 aliphatic heterocycles. The number of sulfone groups is 1. The van der Waals surface area contributed by atoms with Gasteiger partial charge in [-0.25, -0.2) is 8.42 Å². The van der Waals surface area contributed by atoms with Gasteiger partial charge in [-0.3, -0.25) is 4.99 Å². The molecule has 146 valence electrons. The molecule has 0 radical (unpaired) electrons. The molecule has 1 heterocycles. The first kappa shape index (κ1) is 20.5. The van der Waals surface area contributed by atoms with Crippen LogP contribution >= 0.6 is 0 Å². The average molecular weight is 383 g/mol. The molecule has 0 aromatic heterocycles. The van der Waals surface area contributed by atoms with Crippen LogP contribution < -0.4 is 15.4 Å². The summed E-state index contributed by atoms with van der Waals surface area (Å²) in [6.07, 6.45) is 0.621. The third-order valence-corrected chi connectivity index (χ3v) is 6.23. The largest absolute Gasteiger partial charge is 0.496 e. The highest BCUT2D eigenvalue weighted by Crippen LogP contribution is 2.28. The average Bonchev–Trinajstić information content (AvgIpc) is 2.93. The van der Waals surface area contributed by atoms with E-state index in [9.17, 15) is 8.42 Å². The van der Waals surface area contributed by atoms with Gasteiger partial charge in [0.15, 0.2) is 15.8 Å². The van der Waals surface area contributed by atoms with Gasteiger partial charge < -0.3 is 20.3 Å². The van der Waals surface area contributed by atoms with Gasteiger partial charge in [0.25, 0.3) is 0 Å². The summed E-state index contributed by atoms with van der Waals surface area (Å²) in [5, 5.41) is 6.46. The van der Waals surface area contributed by atoms with Crippen molar-refractivity contribution in [3.05, 3.63) is 29.8 Å². The van der Waals surface area contributed by atoms with Crippen LogP contribution in [0.4, 0.5) is 0 Å². The van der Waals surface area contributed by atoms with Crippen LogP contribution in [-0.2, 0) is 9.84 Å². The first-order valence-corrected chi connectivity index (χ1v) is 10.7. The van der Waals surface area contributed by atoms with Crippen molar-refractivity contribution in [2.24, 2.45) is 4.99 Å². The minimum absolute atomic E-state index is 0.0499. The van der Waals surface area contributed by atoms with E-state index in [1.165, 1.54) is 0 Å². The molecule has 1 saturated heterocycles. The zero-order chi connectivity index (χ0) is 19.2. The number of methoxy groups -OCH3 is 1. The summed E-state index contributed by atoms with van der Waals surface area (Å²) in [7, 11) is 2.77. The van der Waals surface area contributed by atoms with Crippen molar-refractivity contribution in [3.63, 3.8) is 0 Å². The summed E-state index contributed by atoms with van der Waals surface area (Å²) in [5.41, 5.74) is 1.07. The molecule has 7 nitrogen and oxygen atoms in total. The monoisotopic (exact) mass is 382 g/mol. The maximum absolute atomic E-state index is 11.7. The molecule has 0 bridgehead atoms. The fourth-order valence-corrected chi connectivity index (χ4v) is 4.75. The molecule has 1 aromatic rings. The summed E-state index contributed by atoms with van der Waals surface area (Å²) in [4.78, 5) is 6.80. The number of hydrogen-bond acceptors (Lipinski definition) is 5. The normalized spacial score (nSPS) is 20.8. The molecule has 26 heavy (non-hydrogen) atoms. The van der Waals surface area contributed by atoms with Crippen LogP contribution in [0, 0.1) is 0 Å². The predicted octanol–water partition coefficient (Wildman–Crippen LogP) is 1.04. The number of benzene rings is 1. The number of guanidine groups is 1. The Balaban J connectivity index is 2.14. The van der Waals surface area contributed by atoms with Crippen LogP contribution in [0.3, 0.4) is 0 Å². The zero-order valence-electron chi connectivity index (χ0n) is 16.0. The molecule has 1 aromatic carbocycles. The van der Waals surface area contributed by atoms with Gasteiger partial charge in [0.2, 0.25) is 0 Å². The standard InChI is InChI=1S/C18H30N4O3S/c1-5-19-18(21-14-10-11-26(23,24)13-14)20-12-16(22(2)3)15-8-6-7-9-17(15)25-4/h6-9,14,16H,5,10-13H2,1-4H3,(H2,19,20,21). The van der Waals surface area contributed by atoms with Gasteiger partial charge in [-0.2, -0.15) is 0 Å². The van der Waals surface area contributed by atoms with Gasteiger partial charge in [0.1, 0.15) is 5.75 Å². The SMILES string of the molecule is CCNC(=NCC(c1ccccc1OC)N(C)C)NC1CCS(=O)(=O)C1. The van der Waals surface area contributed by atoms with Crippen molar-refractivity contribution >= 4 is 15.8 Å². The maximum Gasteiger partial charge on any atom is 0.191 e. The molecule has 2 rings (SSSR count). The Labute approximate surface area is 156 Å². The first-order chi connectivity index (χ1) is 12.4. The van der Waals surface area contributed by atoms with Crippen LogP contribution in [0.2, 0.25) is 0 Å². The fourth-order valence-electron chi connectivity index (χ4n) is 3.08. The Hall–Kier alpha value is -1.80. The molecule has 2 unspecified atom stereocenters. The molecule has 0 aliphatic carbocycles. The van der Waals surface area contributed by atoms with E-state index < -0.39 is 9.84 Å². The number of para-hydroxylation sites is 1. The number of nitrogens with zero attached hydrogens (tertiary/aromatic N) is 2. The second-order valence-electron chi connectivity index (χ2n) is 6.69. The molecule has 8 heteroatoms. The van der Waals surface area contributed by atoms with E-state index in [0.29, 0.717) is 25.5 Å². The predicted molar refractivity (Wildman–Crippen MR) is 106 cm³/mol. The van der Waals surface area contributed by atoms with Crippen molar-refractivity contribution in [3.8, 4) is 5.75 Å². The number of nitrogens with one attached hydrogen (secondary N) is 2. The summed E-state index contributed by atoms with van der Waals surface area (Å²) < 4.78 is 28.8. The molecule has 1 fully saturated rings. The van der Waals surface area contributed by atoms with Gasteiger partial charge in [0.05, 0.1) is 31.2 Å². The van der Waals surface area contributed by atoms with E-state index >= 15 is 0 Å². The smallest absolute Gasteiger partial charge is 0.191 e. The fraction of sp³-hybridized carbons (Fsp3) is 0.611. The quantitative estimate of drug-likeness (QED) is 0.542. The Morgan fingerprint density at radius 2 is 2.12 bits per heavy atom. The Bertz CT molecular complexity index is 719. The number of likely N-dealkylation sites (N-methyl/N-ethyl adjacent to an activating group) is 1. The minimum Gasteiger partial charge on any atom is -0.496 e. The van der Waals surface area contributed by atoms with E-state index in [1.807, 2.05) is 45.3 Å². The molecule has 1 aliphatic rings. The van der Waals surface area contributed by atoms with E-state index in [-0.39, 0.29) is 23.6 Å². The van der Waals surface area contributed by atoms with Crippen molar-refractivity contribution in [2.75, 3.05) is 45.8 Å². The summed E-state index contributed by atoms with van der Waals surface area (Å²) in [5.74, 6) is 1.89. The van der Waals surface area contributed by atoms with Crippen LogP contribution in [-0.4, -0.2) is 71.1 Å². The van der Waals surface area contributed by atoms with Gasteiger partial charge in [0, 0.05) is 18.2 Å². The van der Waals surface area contributed by atoms with E-state index in [4.69, 9.17) is 9.73 Å². The van der Waals surface area contributed by atoms with Crippen LogP contribution in [0.1, 0.15) is 24.9 Å². The zero-order valence-corrected chi connectivity index (χ0v) is 16.8. The lowest BCUT2D eigenvalue weighted by Gasteiger charge is -2.25. The highest BCUT2D eigenvalue weighted by molar-refractivity contribution is 7.91. The van der Waals surface area contributed by atoms with Crippen LogP contribution in [0.25, 0.3) is 0 Å². The van der Waals surface area contributed by atoms with E-state index in [2.05, 4.69) is 15.5 Å². The molecule has 2 atom stereocenters. The number of hydrogen-bond donors (Lipinski definition) is 2. The second kappa shape index (κ2) is 9.23. The minimum atomic E-state index is -2.92. The van der Waals surface area contributed by atoms with E-state index in [0.717, 1.165) is 11.3 Å². The van der Waals surface area contributed by atoms with E-state index in [1.54, 1.807) is 7.11 Å². The third-order valence-electron chi connectivity index (χ3n) is 4.46. The molecular formula is C18H30N4O3S. The van der Waals surface area contributed by atoms with Crippen LogP contribution in [0.5, 0.6) is 5.75 Å². The van der Waals surface area contributed by atoms with Crippen molar-refractivity contribution < 1.29 is 13.2 Å². The summed E-state index contributed by atoms with van der Waals surface area (Å²) >= 11 is 0.